The van der Waals surface area contributed by atoms with Crippen LogP contribution in [0.25, 0.3) is 0 Å². The maximum Gasteiger partial charge on any atom is 0.228 e. The van der Waals surface area contributed by atoms with Crippen molar-refractivity contribution in [2.24, 2.45) is 23.2 Å². The van der Waals surface area contributed by atoms with Gasteiger partial charge in [0.05, 0.1) is 0 Å². The summed E-state index contributed by atoms with van der Waals surface area (Å²) in [5, 5.41) is 3.51. The Hall–Kier alpha value is -0.570. The summed E-state index contributed by atoms with van der Waals surface area (Å²) in [6.07, 6.45) is 7.53. The van der Waals surface area contributed by atoms with E-state index in [1.54, 1.807) is 0 Å². The molecule has 4 fully saturated rings. The molecule has 3 nitrogen and oxygen atoms in total. The third kappa shape index (κ3) is 1.63. The zero-order chi connectivity index (χ0) is 12.2. The highest BCUT2D eigenvalue weighted by molar-refractivity contribution is 5.83. The van der Waals surface area contributed by atoms with E-state index < -0.39 is 0 Å². The zero-order valence-corrected chi connectivity index (χ0v) is 11.2. The molecule has 2 aliphatic heterocycles. The molecule has 4 aliphatic rings. The van der Waals surface area contributed by atoms with Crippen molar-refractivity contribution in [3.8, 4) is 0 Å². The lowest BCUT2D eigenvalue weighted by atomic mass is 9.80. The fraction of sp³-hybridized carbons (Fsp3) is 0.933. The molecule has 18 heavy (non-hydrogen) atoms. The second kappa shape index (κ2) is 3.96. The molecule has 0 radical (unpaired) electrons. The number of hydrogen-bond acceptors (Lipinski definition) is 2. The van der Waals surface area contributed by atoms with E-state index in [4.69, 9.17) is 0 Å². The maximum atomic E-state index is 12.9. The molecule has 0 aromatic heterocycles. The van der Waals surface area contributed by atoms with Gasteiger partial charge in [0, 0.05) is 18.5 Å². The molecule has 2 saturated heterocycles. The highest BCUT2D eigenvalue weighted by atomic mass is 16.2. The number of carbonyl (C=O) groups is 1. The second-order valence-electron chi connectivity index (χ2n) is 7.26. The molecule has 4 bridgehead atoms. The Kier molecular flexibility index (Phi) is 2.48. The summed E-state index contributed by atoms with van der Waals surface area (Å²) in [6, 6.07) is 0. The fourth-order valence-corrected chi connectivity index (χ4v) is 5.10. The van der Waals surface area contributed by atoms with Gasteiger partial charge in [0.1, 0.15) is 0 Å². The number of carbonyl (C=O) groups excluding carboxylic acids is 1. The van der Waals surface area contributed by atoms with E-state index in [0.717, 1.165) is 43.9 Å². The number of nitrogens with one attached hydrogen (secondary N) is 1. The molecule has 3 heteroatoms. The van der Waals surface area contributed by atoms with Gasteiger partial charge in [0.15, 0.2) is 0 Å². The number of rotatable bonds is 1. The topological polar surface area (TPSA) is 32.3 Å². The van der Waals surface area contributed by atoms with Crippen LogP contribution >= 0.6 is 0 Å². The van der Waals surface area contributed by atoms with E-state index in [1.165, 1.54) is 38.5 Å². The van der Waals surface area contributed by atoms with Crippen LogP contribution < -0.4 is 5.32 Å². The van der Waals surface area contributed by atoms with Crippen LogP contribution in [0.1, 0.15) is 38.5 Å². The summed E-state index contributed by atoms with van der Waals surface area (Å²) in [4.78, 5) is 15.2. The Morgan fingerprint density at radius 2 is 1.72 bits per heavy atom. The van der Waals surface area contributed by atoms with Gasteiger partial charge in [-0.25, -0.2) is 0 Å². The van der Waals surface area contributed by atoms with Gasteiger partial charge in [0.2, 0.25) is 5.91 Å². The average Bonchev–Trinajstić information content (AvgIpc) is 2.99. The molecular formula is C15H24N2O. The molecule has 2 heterocycles. The Balaban J connectivity index is 1.51. The first-order valence-electron chi connectivity index (χ1n) is 7.75. The smallest absolute Gasteiger partial charge is 0.228 e. The van der Waals surface area contributed by atoms with Gasteiger partial charge in [0.25, 0.3) is 0 Å². The van der Waals surface area contributed by atoms with Gasteiger partial charge < -0.3 is 10.2 Å². The predicted octanol–water partition coefficient (Wildman–Crippen LogP) is 1.63. The molecule has 1 amide bonds. The number of nitrogens with zero attached hydrogens (tertiary/aromatic N) is 1. The summed E-state index contributed by atoms with van der Waals surface area (Å²) in [7, 11) is 0. The molecule has 0 spiro atoms. The van der Waals surface area contributed by atoms with Crippen LogP contribution in [0, 0.1) is 23.2 Å². The molecule has 0 aromatic carbocycles. The van der Waals surface area contributed by atoms with Crippen molar-refractivity contribution in [1.29, 1.82) is 0 Å². The molecule has 100 valence electrons. The first kappa shape index (κ1) is 11.3. The Morgan fingerprint density at radius 3 is 2.28 bits per heavy atom. The molecule has 2 saturated carbocycles. The quantitative estimate of drug-likeness (QED) is 0.765. The minimum absolute atomic E-state index is 0.0870. The number of hydrogen-bond donors (Lipinski definition) is 1. The average molecular weight is 248 g/mol. The maximum absolute atomic E-state index is 12.9. The lowest BCUT2D eigenvalue weighted by Crippen LogP contribution is -2.55. The molecule has 2 aliphatic carbocycles. The third-order valence-corrected chi connectivity index (χ3v) is 5.97. The first-order valence-corrected chi connectivity index (χ1v) is 7.75. The van der Waals surface area contributed by atoms with Crippen molar-refractivity contribution in [3.05, 3.63) is 0 Å². The van der Waals surface area contributed by atoms with Crippen LogP contribution in [0.4, 0.5) is 0 Å². The fourth-order valence-electron chi connectivity index (χ4n) is 5.10. The standard InChI is InChI=1S/C15H24N2O/c18-14(15-3-1-11(6-15)2-4-15)17-9-12-5-13(10-17)8-16-7-12/h11-13,16H,1-10H2. The van der Waals surface area contributed by atoms with Crippen LogP contribution in [0.5, 0.6) is 0 Å². The molecular weight excluding hydrogens is 224 g/mol. The lowest BCUT2D eigenvalue weighted by Gasteiger charge is -2.44. The first-order chi connectivity index (χ1) is 8.75. The van der Waals surface area contributed by atoms with E-state index in [0.29, 0.717) is 5.91 Å². The van der Waals surface area contributed by atoms with Gasteiger partial charge in [-0.05, 0) is 69.4 Å². The van der Waals surface area contributed by atoms with E-state index in [2.05, 4.69) is 10.2 Å². The van der Waals surface area contributed by atoms with Gasteiger partial charge >= 0.3 is 0 Å². The summed E-state index contributed by atoms with van der Waals surface area (Å²) >= 11 is 0. The van der Waals surface area contributed by atoms with E-state index in [-0.39, 0.29) is 5.41 Å². The van der Waals surface area contributed by atoms with Crippen molar-refractivity contribution in [3.63, 3.8) is 0 Å². The van der Waals surface area contributed by atoms with E-state index in [9.17, 15) is 4.79 Å². The van der Waals surface area contributed by atoms with E-state index >= 15 is 0 Å². The monoisotopic (exact) mass is 248 g/mol. The van der Waals surface area contributed by atoms with Crippen LogP contribution in [0.2, 0.25) is 0 Å². The number of likely N-dealkylation sites (tertiary alicyclic amines) is 1. The number of piperidine rings is 2. The lowest BCUT2D eigenvalue weighted by molar-refractivity contribution is -0.145. The Labute approximate surface area is 109 Å². The summed E-state index contributed by atoms with van der Waals surface area (Å²) in [5.41, 5.74) is 0.0870. The summed E-state index contributed by atoms with van der Waals surface area (Å²) in [5.74, 6) is 2.84. The molecule has 4 rings (SSSR count). The van der Waals surface area contributed by atoms with Crippen LogP contribution in [0.15, 0.2) is 0 Å². The normalized spacial score (nSPS) is 46.4. The molecule has 2 atom stereocenters. The van der Waals surface area contributed by atoms with Crippen LogP contribution in [-0.4, -0.2) is 37.0 Å². The molecule has 2 unspecified atom stereocenters. The minimum Gasteiger partial charge on any atom is -0.342 e. The predicted molar refractivity (Wildman–Crippen MR) is 70.1 cm³/mol. The van der Waals surface area contributed by atoms with Crippen molar-refractivity contribution in [1.82, 2.24) is 10.2 Å². The Bertz CT molecular complexity index is 348. The van der Waals surface area contributed by atoms with Gasteiger partial charge in [-0.1, -0.05) is 0 Å². The van der Waals surface area contributed by atoms with Crippen LogP contribution in [-0.2, 0) is 4.79 Å². The number of amides is 1. The Morgan fingerprint density at radius 1 is 1.06 bits per heavy atom. The summed E-state index contributed by atoms with van der Waals surface area (Å²) < 4.78 is 0. The van der Waals surface area contributed by atoms with Crippen molar-refractivity contribution < 1.29 is 4.79 Å². The molecule has 0 aromatic rings. The highest BCUT2D eigenvalue weighted by Gasteiger charge is 2.52. The van der Waals surface area contributed by atoms with Gasteiger partial charge in [-0.3, -0.25) is 4.79 Å². The third-order valence-electron chi connectivity index (χ3n) is 5.97. The largest absolute Gasteiger partial charge is 0.342 e. The molecule has 1 N–H and O–H groups in total. The second-order valence-corrected chi connectivity index (χ2v) is 7.26. The van der Waals surface area contributed by atoms with Gasteiger partial charge in [-0.15, -0.1) is 0 Å². The van der Waals surface area contributed by atoms with Crippen molar-refractivity contribution >= 4 is 5.91 Å². The zero-order valence-electron chi connectivity index (χ0n) is 11.2. The van der Waals surface area contributed by atoms with Crippen molar-refractivity contribution in [2.45, 2.75) is 38.5 Å². The summed E-state index contributed by atoms with van der Waals surface area (Å²) in [6.45, 7) is 4.29. The van der Waals surface area contributed by atoms with Gasteiger partial charge in [-0.2, -0.15) is 0 Å². The van der Waals surface area contributed by atoms with Crippen molar-refractivity contribution in [2.75, 3.05) is 26.2 Å². The highest BCUT2D eigenvalue weighted by Crippen LogP contribution is 2.55. The van der Waals surface area contributed by atoms with E-state index in [1.807, 2.05) is 0 Å². The number of fused-ring (bicyclic) bond motifs is 4. The van der Waals surface area contributed by atoms with Crippen LogP contribution in [0.3, 0.4) is 0 Å². The minimum atomic E-state index is 0.0870. The SMILES string of the molecule is O=C(N1CC2CNCC(C2)C1)C12CCC(CC1)C2.